The Labute approximate surface area is 165 Å². The van der Waals surface area contributed by atoms with Gasteiger partial charge in [0.2, 0.25) is 5.91 Å². The van der Waals surface area contributed by atoms with Crippen molar-refractivity contribution in [1.82, 2.24) is 16.0 Å². The molecule has 4 nitrogen and oxygen atoms in total. The van der Waals surface area contributed by atoms with Crippen molar-refractivity contribution < 1.29 is 9.18 Å². The molecule has 1 atom stereocenters. The lowest BCUT2D eigenvalue weighted by atomic mass is 10.0. The molecule has 1 aromatic carbocycles. The van der Waals surface area contributed by atoms with Crippen LogP contribution in [0.3, 0.4) is 0 Å². The zero-order valence-electron chi connectivity index (χ0n) is 15.9. The average Bonchev–Trinajstić information content (AvgIpc) is 3.27. The van der Waals surface area contributed by atoms with Gasteiger partial charge in [-0.15, -0.1) is 0 Å². The third kappa shape index (κ3) is 5.00. The third-order valence-electron chi connectivity index (χ3n) is 4.88. The van der Waals surface area contributed by atoms with Gasteiger partial charge in [-0.05, 0) is 60.7 Å². The first kappa shape index (κ1) is 19.7. The predicted molar refractivity (Wildman–Crippen MR) is 111 cm³/mol. The lowest BCUT2D eigenvalue weighted by Crippen LogP contribution is -2.35. The number of halogens is 1. The molecular weight excluding hydrogens is 353 g/mol. The van der Waals surface area contributed by atoms with Gasteiger partial charge in [-0.1, -0.05) is 31.4 Å². The molecule has 0 aliphatic carbocycles. The molecule has 28 heavy (non-hydrogen) atoms. The zero-order valence-corrected chi connectivity index (χ0v) is 15.9. The van der Waals surface area contributed by atoms with Crippen molar-refractivity contribution in [2.45, 2.75) is 31.7 Å². The Balaban J connectivity index is 1.70. The Morgan fingerprint density at radius 1 is 1.29 bits per heavy atom. The molecule has 3 N–H and O–H groups in total. The number of allylic oxidation sites excluding steroid dienone is 6. The fraction of sp³-hybridized carbons (Fsp3) is 0.261. The number of carbonyl (C=O) groups is 1. The van der Waals surface area contributed by atoms with Gasteiger partial charge in [-0.2, -0.15) is 0 Å². The van der Waals surface area contributed by atoms with Crippen LogP contribution in [-0.2, 0) is 4.79 Å². The lowest BCUT2D eigenvalue weighted by Gasteiger charge is -2.14. The predicted octanol–water partition coefficient (Wildman–Crippen LogP) is 3.93. The summed E-state index contributed by atoms with van der Waals surface area (Å²) in [7, 11) is 0. The van der Waals surface area contributed by atoms with Crippen LogP contribution in [0.2, 0.25) is 0 Å². The molecule has 1 amide bonds. The number of amides is 1. The normalized spacial score (nSPS) is 20.5. The van der Waals surface area contributed by atoms with Crippen LogP contribution >= 0.6 is 0 Å². The number of hydrogen-bond donors (Lipinski definition) is 3. The first-order valence-electron chi connectivity index (χ1n) is 9.52. The highest BCUT2D eigenvalue weighted by Gasteiger charge is 2.24. The summed E-state index contributed by atoms with van der Waals surface area (Å²) in [5.41, 5.74) is 5.16. The minimum absolute atomic E-state index is 0.0362. The fourth-order valence-electron chi connectivity index (χ4n) is 3.42. The SMILES string of the molecule is C=C/C=C\C=C1/CC(CCC(=C)NC2CCNC2=O)=C(c2ccc(F)cc2)N1. The van der Waals surface area contributed by atoms with E-state index in [1.807, 2.05) is 18.2 Å². The van der Waals surface area contributed by atoms with Crippen LogP contribution in [0.1, 0.15) is 31.2 Å². The van der Waals surface area contributed by atoms with E-state index in [4.69, 9.17) is 0 Å². The van der Waals surface area contributed by atoms with Crippen molar-refractivity contribution in [1.29, 1.82) is 0 Å². The molecular formula is C23H26FN3O. The summed E-state index contributed by atoms with van der Waals surface area (Å²) >= 11 is 0. The van der Waals surface area contributed by atoms with Crippen molar-refractivity contribution in [3.63, 3.8) is 0 Å². The standard InChI is InChI=1S/C23H26FN3O/c1-3-4-5-6-20-15-18(22(27-20)17-9-11-19(24)12-10-17)8-7-16(2)26-21-13-14-25-23(21)28/h3-6,9-12,21,26-27H,1-2,7-8,13-15H2,(H,25,28)/b5-4-,20-6+. The smallest absolute Gasteiger partial charge is 0.242 e. The molecule has 0 bridgehead atoms. The molecule has 0 saturated carbocycles. The van der Waals surface area contributed by atoms with Gasteiger partial charge in [-0.25, -0.2) is 4.39 Å². The van der Waals surface area contributed by atoms with Crippen LogP contribution in [-0.4, -0.2) is 18.5 Å². The van der Waals surface area contributed by atoms with Gasteiger partial charge in [0, 0.05) is 30.1 Å². The molecule has 3 rings (SSSR count). The molecule has 1 unspecified atom stereocenters. The minimum Gasteiger partial charge on any atom is -0.377 e. The molecule has 1 fully saturated rings. The molecule has 0 spiro atoms. The van der Waals surface area contributed by atoms with Crippen LogP contribution in [0.15, 0.2) is 78.7 Å². The first-order chi connectivity index (χ1) is 13.6. The van der Waals surface area contributed by atoms with Crippen LogP contribution in [0.25, 0.3) is 5.70 Å². The molecule has 0 aromatic heterocycles. The Morgan fingerprint density at radius 3 is 2.75 bits per heavy atom. The summed E-state index contributed by atoms with van der Waals surface area (Å²) in [4.78, 5) is 11.7. The fourth-order valence-corrected chi connectivity index (χ4v) is 3.42. The van der Waals surface area contributed by atoms with E-state index in [-0.39, 0.29) is 17.8 Å². The van der Waals surface area contributed by atoms with E-state index in [2.05, 4.69) is 29.1 Å². The van der Waals surface area contributed by atoms with E-state index in [1.165, 1.54) is 17.7 Å². The molecule has 5 heteroatoms. The second kappa shape index (κ2) is 9.22. The molecule has 146 valence electrons. The lowest BCUT2D eigenvalue weighted by molar-refractivity contribution is -0.120. The molecule has 2 heterocycles. The van der Waals surface area contributed by atoms with E-state index in [0.29, 0.717) is 6.54 Å². The third-order valence-corrected chi connectivity index (χ3v) is 4.88. The zero-order chi connectivity index (χ0) is 19.9. The van der Waals surface area contributed by atoms with Crippen molar-refractivity contribution in [2.75, 3.05) is 6.54 Å². The summed E-state index contributed by atoms with van der Waals surface area (Å²) < 4.78 is 13.3. The van der Waals surface area contributed by atoms with Crippen LogP contribution < -0.4 is 16.0 Å². The minimum atomic E-state index is -0.249. The van der Waals surface area contributed by atoms with Gasteiger partial charge in [-0.3, -0.25) is 4.79 Å². The van der Waals surface area contributed by atoms with Gasteiger partial charge in [0.25, 0.3) is 0 Å². The van der Waals surface area contributed by atoms with Crippen LogP contribution in [0.5, 0.6) is 0 Å². The molecule has 2 aliphatic rings. The Bertz CT molecular complexity index is 849. The van der Waals surface area contributed by atoms with Gasteiger partial charge < -0.3 is 16.0 Å². The summed E-state index contributed by atoms with van der Waals surface area (Å²) in [6.07, 6.45) is 10.7. The highest BCUT2D eigenvalue weighted by Crippen LogP contribution is 2.32. The summed E-state index contributed by atoms with van der Waals surface area (Å²) in [6, 6.07) is 6.34. The topological polar surface area (TPSA) is 53.2 Å². The Kier molecular flexibility index (Phi) is 6.48. The molecule has 2 aliphatic heterocycles. The van der Waals surface area contributed by atoms with Crippen molar-refractivity contribution in [3.05, 3.63) is 90.1 Å². The van der Waals surface area contributed by atoms with E-state index in [1.54, 1.807) is 18.2 Å². The molecule has 0 radical (unpaired) electrons. The number of carbonyl (C=O) groups excluding carboxylic acids is 1. The second-order valence-corrected chi connectivity index (χ2v) is 6.98. The maximum atomic E-state index is 13.3. The van der Waals surface area contributed by atoms with Gasteiger partial charge in [0.05, 0.1) is 0 Å². The highest BCUT2D eigenvalue weighted by molar-refractivity contribution is 5.84. The summed E-state index contributed by atoms with van der Waals surface area (Å²) in [6.45, 7) is 8.47. The van der Waals surface area contributed by atoms with Gasteiger partial charge >= 0.3 is 0 Å². The van der Waals surface area contributed by atoms with Crippen molar-refractivity contribution in [2.24, 2.45) is 0 Å². The Hall–Kier alpha value is -3.08. The van der Waals surface area contributed by atoms with Crippen molar-refractivity contribution >= 4 is 11.6 Å². The maximum absolute atomic E-state index is 13.3. The van der Waals surface area contributed by atoms with E-state index in [0.717, 1.165) is 48.3 Å². The van der Waals surface area contributed by atoms with E-state index in [9.17, 15) is 9.18 Å². The Morgan fingerprint density at radius 2 is 2.07 bits per heavy atom. The summed E-state index contributed by atoms with van der Waals surface area (Å²) in [5, 5.41) is 9.51. The van der Waals surface area contributed by atoms with E-state index >= 15 is 0 Å². The number of nitrogens with one attached hydrogen (secondary N) is 3. The number of rotatable bonds is 8. The average molecular weight is 379 g/mol. The van der Waals surface area contributed by atoms with Crippen molar-refractivity contribution in [3.8, 4) is 0 Å². The van der Waals surface area contributed by atoms with E-state index < -0.39 is 0 Å². The quantitative estimate of drug-likeness (QED) is 0.600. The highest BCUT2D eigenvalue weighted by atomic mass is 19.1. The maximum Gasteiger partial charge on any atom is 0.242 e. The number of hydrogen-bond acceptors (Lipinski definition) is 3. The van der Waals surface area contributed by atoms with Gasteiger partial charge in [0.15, 0.2) is 0 Å². The van der Waals surface area contributed by atoms with Crippen LogP contribution in [0, 0.1) is 5.82 Å². The monoisotopic (exact) mass is 379 g/mol. The molecule has 1 saturated heterocycles. The van der Waals surface area contributed by atoms with Crippen LogP contribution in [0.4, 0.5) is 4.39 Å². The first-order valence-corrected chi connectivity index (χ1v) is 9.52. The second-order valence-electron chi connectivity index (χ2n) is 6.98. The largest absolute Gasteiger partial charge is 0.377 e. The molecule has 1 aromatic rings. The van der Waals surface area contributed by atoms with Gasteiger partial charge in [0.1, 0.15) is 11.9 Å². The summed E-state index contributed by atoms with van der Waals surface area (Å²) in [5.74, 6) is -0.213. The number of benzene rings is 1.